The van der Waals surface area contributed by atoms with Gasteiger partial charge in [-0.3, -0.25) is 0 Å². The number of rotatable bonds is 1. The molecule has 1 aliphatic rings. The van der Waals surface area contributed by atoms with Gasteiger partial charge >= 0.3 is 6.18 Å². The highest BCUT2D eigenvalue weighted by molar-refractivity contribution is 5.63. The van der Waals surface area contributed by atoms with E-state index in [9.17, 15) is 13.2 Å². The summed E-state index contributed by atoms with van der Waals surface area (Å²) in [5, 5.41) is 0. The molecule has 0 amide bonds. The molecule has 2 nitrogen and oxygen atoms in total. The van der Waals surface area contributed by atoms with Crippen molar-refractivity contribution in [3.8, 4) is 0 Å². The zero-order valence-electron chi connectivity index (χ0n) is 9.46. The lowest BCUT2D eigenvalue weighted by molar-refractivity contribution is -0.175. The van der Waals surface area contributed by atoms with Gasteiger partial charge < -0.3 is 0 Å². The lowest BCUT2D eigenvalue weighted by atomic mass is 9.88. The first-order valence-corrected chi connectivity index (χ1v) is 5.51. The largest absolute Gasteiger partial charge is 0.392 e. The maximum Gasteiger partial charge on any atom is 0.392 e. The molecule has 0 bridgehead atoms. The van der Waals surface area contributed by atoms with Crippen molar-refractivity contribution in [3.05, 3.63) is 29.9 Å². The fourth-order valence-electron chi connectivity index (χ4n) is 1.99. The molecule has 0 fully saturated rings. The van der Waals surface area contributed by atoms with Crippen LogP contribution >= 0.6 is 0 Å². The van der Waals surface area contributed by atoms with E-state index in [4.69, 9.17) is 0 Å². The molecule has 5 heteroatoms. The topological polar surface area (TPSA) is 25.8 Å². The van der Waals surface area contributed by atoms with E-state index in [1.165, 1.54) is 6.33 Å². The molecule has 1 heterocycles. The molecule has 1 aliphatic carbocycles. The van der Waals surface area contributed by atoms with Crippen LogP contribution in [0.4, 0.5) is 13.2 Å². The maximum absolute atomic E-state index is 12.5. The second-order valence-corrected chi connectivity index (χ2v) is 4.29. The van der Waals surface area contributed by atoms with Gasteiger partial charge in [0.15, 0.2) is 0 Å². The van der Waals surface area contributed by atoms with Crippen LogP contribution in [0.1, 0.15) is 30.7 Å². The van der Waals surface area contributed by atoms with Gasteiger partial charge in [-0.25, -0.2) is 9.97 Å². The fraction of sp³-hybridized carbons (Fsp3) is 0.500. The third-order valence-electron chi connectivity index (χ3n) is 3.01. The average Bonchev–Trinajstić information content (AvgIpc) is 2.28. The van der Waals surface area contributed by atoms with Crippen LogP contribution in [0.3, 0.4) is 0 Å². The molecular formula is C12H13F3N2. The van der Waals surface area contributed by atoms with Gasteiger partial charge in [-0.15, -0.1) is 0 Å². The number of aryl methyl sites for hydroxylation is 1. The lowest BCUT2D eigenvalue weighted by Crippen LogP contribution is -2.24. The van der Waals surface area contributed by atoms with Gasteiger partial charge in [-0.1, -0.05) is 6.08 Å². The van der Waals surface area contributed by atoms with Crippen molar-refractivity contribution in [1.29, 1.82) is 0 Å². The summed E-state index contributed by atoms with van der Waals surface area (Å²) in [4.78, 5) is 8.06. The van der Waals surface area contributed by atoms with Gasteiger partial charge in [0.25, 0.3) is 0 Å². The number of hydrogen-bond acceptors (Lipinski definition) is 2. The van der Waals surface area contributed by atoms with Gasteiger partial charge in [0.1, 0.15) is 6.33 Å². The van der Waals surface area contributed by atoms with Crippen molar-refractivity contribution in [2.24, 2.45) is 5.92 Å². The second kappa shape index (κ2) is 4.47. The first kappa shape index (κ1) is 12.1. The number of halogens is 3. The minimum absolute atomic E-state index is 0.0574. The summed E-state index contributed by atoms with van der Waals surface area (Å²) in [5.41, 5.74) is 2.47. The second-order valence-electron chi connectivity index (χ2n) is 4.29. The summed E-state index contributed by atoms with van der Waals surface area (Å²) in [6.07, 6.45) is -0.338. The van der Waals surface area contributed by atoms with E-state index < -0.39 is 12.1 Å². The molecule has 0 aromatic carbocycles. The van der Waals surface area contributed by atoms with Gasteiger partial charge in [0.05, 0.1) is 11.6 Å². The molecule has 1 atom stereocenters. The summed E-state index contributed by atoms with van der Waals surface area (Å²) in [5.74, 6) is -1.20. The van der Waals surface area contributed by atoms with Crippen molar-refractivity contribution >= 4 is 5.57 Å². The minimum Gasteiger partial charge on any atom is -0.242 e. The summed E-state index contributed by atoms with van der Waals surface area (Å²) >= 11 is 0. The fourth-order valence-corrected chi connectivity index (χ4v) is 1.99. The molecule has 1 unspecified atom stereocenters. The van der Waals surface area contributed by atoms with Crippen LogP contribution in [-0.4, -0.2) is 16.1 Å². The van der Waals surface area contributed by atoms with Gasteiger partial charge in [0, 0.05) is 5.69 Å². The molecule has 1 aromatic heterocycles. The van der Waals surface area contributed by atoms with E-state index in [0.29, 0.717) is 6.42 Å². The van der Waals surface area contributed by atoms with Gasteiger partial charge in [-0.05, 0) is 37.8 Å². The van der Waals surface area contributed by atoms with E-state index in [1.54, 1.807) is 12.1 Å². The van der Waals surface area contributed by atoms with Crippen molar-refractivity contribution < 1.29 is 13.2 Å². The standard InChI is InChI=1S/C12H13F3N2/c1-8-6-11(17-7-16-8)9-2-4-10(5-3-9)12(13,14)15/h2,6-7,10H,3-5H2,1H3. The highest BCUT2D eigenvalue weighted by Gasteiger charge is 2.39. The zero-order valence-corrected chi connectivity index (χ0v) is 9.46. The third kappa shape index (κ3) is 2.84. The van der Waals surface area contributed by atoms with Gasteiger partial charge in [-0.2, -0.15) is 13.2 Å². The molecule has 17 heavy (non-hydrogen) atoms. The van der Waals surface area contributed by atoms with Crippen LogP contribution in [0.15, 0.2) is 18.5 Å². The molecule has 2 rings (SSSR count). The van der Waals surface area contributed by atoms with Crippen LogP contribution < -0.4 is 0 Å². The van der Waals surface area contributed by atoms with Crippen LogP contribution in [0, 0.1) is 12.8 Å². The lowest BCUT2D eigenvalue weighted by Gasteiger charge is -2.23. The quantitative estimate of drug-likeness (QED) is 0.752. The molecule has 0 aliphatic heterocycles. The van der Waals surface area contributed by atoms with Crippen LogP contribution in [0.2, 0.25) is 0 Å². The molecule has 1 aromatic rings. The summed E-state index contributed by atoms with van der Waals surface area (Å²) in [6, 6.07) is 1.81. The summed E-state index contributed by atoms with van der Waals surface area (Å²) in [6.45, 7) is 1.84. The van der Waals surface area contributed by atoms with Crippen LogP contribution in [0.25, 0.3) is 5.57 Å². The SMILES string of the molecule is Cc1cc(C2=CCC(C(F)(F)F)CC2)ncn1. The Kier molecular flexibility index (Phi) is 3.17. The third-order valence-corrected chi connectivity index (χ3v) is 3.01. The number of hydrogen-bond donors (Lipinski definition) is 0. The van der Waals surface area contributed by atoms with E-state index in [-0.39, 0.29) is 12.8 Å². The number of allylic oxidation sites excluding steroid dienone is 2. The van der Waals surface area contributed by atoms with Crippen molar-refractivity contribution in [2.45, 2.75) is 32.4 Å². The highest BCUT2D eigenvalue weighted by atomic mass is 19.4. The van der Waals surface area contributed by atoms with E-state index in [0.717, 1.165) is 17.0 Å². The summed E-state index contributed by atoms with van der Waals surface area (Å²) < 4.78 is 37.4. The Balaban J connectivity index is 2.14. The normalized spacial score (nSPS) is 21.2. The molecule has 0 saturated heterocycles. The molecule has 0 radical (unpaired) electrons. The summed E-state index contributed by atoms with van der Waals surface area (Å²) in [7, 11) is 0. The Bertz CT molecular complexity index is 438. The molecule has 0 N–H and O–H groups in total. The Morgan fingerprint density at radius 2 is 2.06 bits per heavy atom. The Hall–Kier alpha value is -1.39. The maximum atomic E-state index is 12.5. The predicted molar refractivity (Wildman–Crippen MR) is 58.1 cm³/mol. The highest BCUT2D eigenvalue weighted by Crippen LogP contribution is 2.38. The van der Waals surface area contributed by atoms with Crippen molar-refractivity contribution in [1.82, 2.24) is 9.97 Å². The molecule has 92 valence electrons. The Labute approximate surface area is 97.6 Å². The first-order valence-electron chi connectivity index (χ1n) is 5.51. The van der Waals surface area contributed by atoms with Gasteiger partial charge in [0.2, 0.25) is 0 Å². The van der Waals surface area contributed by atoms with Crippen LogP contribution in [-0.2, 0) is 0 Å². The van der Waals surface area contributed by atoms with Crippen molar-refractivity contribution in [3.63, 3.8) is 0 Å². The molecule has 0 saturated carbocycles. The minimum atomic E-state index is -4.08. The Morgan fingerprint density at radius 1 is 1.29 bits per heavy atom. The Morgan fingerprint density at radius 3 is 2.59 bits per heavy atom. The van der Waals surface area contributed by atoms with E-state index >= 15 is 0 Å². The number of alkyl halides is 3. The molecule has 0 spiro atoms. The van der Waals surface area contributed by atoms with Crippen molar-refractivity contribution in [2.75, 3.05) is 0 Å². The average molecular weight is 242 g/mol. The van der Waals surface area contributed by atoms with E-state index in [1.807, 2.05) is 6.92 Å². The molecular weight excluding hydrogens is 229 g/mol. The monoisotopic (exact) mass is 242 g/mol. The first-order chi connectivity index (χ1) is 7.97. The number of aromatic nitrogens is 2. The van der Waals surface area contributed by atoms with Crippen LogP contribution in [0.5, 0.6) is 0 Å². The smallest absolute Gasteiger partial charge is 0.242 e. The predicted octanol–water partition coefficient (Wildman–Crippen LogP) is 3.53. The number of nitrogens with zero attached hydrogens (tertiary/aromatic N) is 2. The van der Waals surface area contributed by atoms with E-state index in [2.05, 4.69) is 9.97 Å². The zero-order chi connectivity index (χ0) is 12.5.